The Balaban J connectivity index is 1.42. The molecule has 3 heterocycles. The fraction of sp³-hybridized carbons (Fsp3) is 0.182. The molecule has 3 unspecified atom stereocenters. The van der Waals surface area contributed by atoms with Gasteiger partial charge >= 0.3 is 0 Å². The Hall–Kier alpha value is -2.95. The third kappa shape index (κ3) is 4.73. The van der Waals surface area contributed by atoms with Crippen molar-refractivity contribution in [2.75, 3.05) is 5.32 Å². The lowest BCUT2D eigenvalue weighted by molar-refractivity contribution is 0.102. The van der Waals surface area contributed by atoms with Gasteiger partial charge in [-0.15, -0.1) is 0 Å². The summed E-state index contributed by atoms with van der Waals surface area (Å²) < 4.78 is 0. The van der Waals surface area contributed by atoms with E-state index in [0.29, 0.717) is 14.1 Å². The number of fused-ring (bicyclic) bond motifs is 1. The second kappa shape index (κ2) is 8.60. The number of aliphatic imine (C=N–C) groups is 1. The standard InChI is InChI=1S/C22H22N5OP/c1-14-9-17(12-23-11-14)22(28)27-18-6-3-5-16(10-18)15(2)26-20-13-25-21-19(29-20)7-4-8-24-21/h3-13,15,20,26,29H,1-2H3,(H,27,28). The second-order valence-electron chi connectivity index (χ2n) is 6.99. The monoisotopic (exact) mass is 403 g/mol. The fourth-order valence-electron chi connectivity index (χ4n) is 3.18. The van der Waals surface area contributed by atoms with Crippen molar-refractivity contribution in [1.29, 1.82) is 0 Å². The van der Waals surface area contributed by atoms with Crippen LogP contribution in [0, 0.1) is 6.92 Å². The zero-order valence-electron chi connectivity index (χ0n) is 16.3. The normalized spacial score (nSPS) is 17.0. The minimum atomic E-state index is -0.163. The molecule has 6 nitrogen and oxygen atoms in total. The van der Waals surface area contributed by atoms with Crippen molar-refractivity contribution in [2.24, 2.45) is 4.99 Å². The highest BCUT2D eigenvalue weighted by Crippen LogP contribution is 2.28. The van der Waals surface area contributed by atoms with E-state index in [1.165, 1.54) is 5.30 Å². The minimum absolute atomic E-state index is 0.106. The molecule has 2 aromatic heterocycles. The van der Waals surface area contributed by atoms with E-state index in [-0.39, 0.29) is 17.7 Å². The summed E-state index contributed by atoms with van der Waals surface area (Å²) in [5.74, 6) is 0.814. The third-order valence-corrected chi connectivity index (χ3v) is 5.98. The van der Waals surface area contributed by atoms with Crippen molar-refractivity contribution >= 4 is 37.5 Å². The molecule has 0 bridgehead atoms. The number of hydrogen-bond acceptors (Lipinski definition) is 5. The molecule has 3 atom stereocenters. The fourth-order valence-corrected chi connectivity index (χ4v) is 4.45. The van der Waals surface area contributed by atoms with E-state index >= 15 is 0 Å². The van der Waals surface area contributed by atoms with E-state index in [1.807, 2.05) is 43.5 Å². The van der Waals surface area contributed by atoms with Crippen molar-refractivity contribution in [3.05, 3.63) is 77.7 Å². The summed E-state index contributed by atoms with van der Waals surface area (Å²) in [4.78, 5) is 25.3. The van der Waals surface area contributed by atoms with Gasteiger partial charge in [0, 0.05) is 41.8 Å². The van der Waals surface area contributed by atoms with Crippen molar-refractivity contribution in [3.8, 4) is 0 Å². The lowest BCUT2D eigenvalue weighted by Gasteiger charge is -2.24. The second-order valence-corrected chi connectivity index (χ2v) is 8.44. The Bertz CT molecular complexity index is 1070. The number of amides is 1. The minimum Gasteiger partial charge on any atom is -0.322 e. The van der Waals surface area contributed by atoms with Crippen molar-refractivity contribution in [3.63, 3.8) is 0 Å². The first-order valence-corrected chi connectivity index (χ1v) is 10.5. The summed E-state index contributed by atoms with van der Waals surface area (Å²) in [5, 5.41) is 7.74. The molecule has 2 N–H and O–H groups in total. The molecule has 0 spiro atoms. The summed E-state index contributed by atoms with van der Waals surface area (Å²) in [6.45, 7) is 4.03. The summed E-state index contributed by atoms with van der Waals surface area (Å²) in [6, 6.07) is 13.9. The Morgan fingerprint density at radius 2 is 2.07 bits per heavy atom. The Morgan fingerprint density at radius 1 is 1.17 bits per heavy atom. The summed E-state index contributed by atoms with van der Waals surface area (Å²) in [5.41, 5.74) is 3.36. The third-order valence-electron chi connectivity index (χ3n) is 4.65. The van der Waals surface area contributed by atoms with Crippen LogP contribution in [-0.4, -0.2) is 27.9 Å². The molecule has 0 radical (unpaired) electrons. The van der Waals surface area contributed by atoms with Crippen molar-refractivity contribution in [1.82, 2.24) is 15.3 Å². The van der Waals surface area contributed by atoms with Gasteiger partial charge in [-0.1, -0.05) is 20.7 Å². The Morgan fingerprint density at radius 3 is 2.93 bits per heavy atom. The molecule has 1 aromatic carbocycles. The average Bonchev–Trinajstić information content (AvgIpc) is 2.74. The van der Waals surface area contributed by atoms with Gasteiger partial charge in [-0.05, 0) is 55.3 Å². The first-order chi connectivity index (χ1) is 14.1. The van der Waals surface area contributed by atoms with Crippen LogP contribution in [0.3, 0.4) is 0 Å². The number of aromatic nitrogens is 2. The number of rotatable bonds is 5. The van der Waals surface area contributed by atoms with Gasteiger partial charge in [-0.25, -0.2) is 9.98 Å². The van der Waals surface area contributed by atoms with Gasteiger partial charge in [-0.3, -0.25) is 15.1 Å². The van der Waals surface area contributed by atoms with Crippen LogP contribution in [0.4, 0.5) is 11.5 Å². The molecular weight excluding hydrogens is 381 g/mol. The molecule has 4 rings (SSSR count). The average molecular weight is 403 g/mol. The number of nitrogens with one attached hydrogen (secondary N) is 2. The number of aryl methyl sites for hydroxylation is 1. The molecule has 0 aliphatic carbocycles. The van der Waals surface area contributed by atoms with Crippen LogP contribution in [0.15, 0.2) is 66.0 Å². The maximum absolute atomic E-state index is 12.5. The first kappa shape index (κ1) is 19.4. The van der Waals surface area contributed by atoms with E-state index in [4.69, 9.17) is 0 Å². The number of pyridine rings is 2. The van der Waals surface area contributed by atoms with E-state index in [0.717, 1.165) is 22.6 Å². The molecule has 1 aliphatic heterocycles. The van der Waals surface area contributed by atoms with Gasteiger partial charge in [-0.2, -0.15) is 0 Å². The zero-order chi connectivity index (χ0) is 20.2. The topological polar surface area (TPSA) is 79.3 Å². The van der Waals surface area contributed by atoms with Gasteiger partial charge < -0.3 is 5.32 Å². The zero-order valence-corrected chi connectivity index (χ0v) is 17.3. The number of benzene rings is 1. The molecule has 0 fully saturated rings. The van der Waals surface area contributed by atoms with E-state index in [9.17, 15) is 4.79 Å². The molecule has 1 aliphatic rings. The number of nitrogens with zero attached hydrogens (tertiary/aromatic N) is 3. The number of carbonyl (C=O) groups is 1. The first-order valence-electron chi connectivity index (χ1n) is 9.43. The Kier molecular flexibility index (Phi) is 5.74. The van der Waals surface area contributed by atoms with Gasteiger partial charge in [0.05, 0.1) is 11.3 Å². The largest absolute Gasteiger partial charge is 0.322 e. The lowest BCUT2D eigenvalue weighted by atomic mass is 10.1. The van der Waals surface area contributed by atoms with Gasteiger partial charge in [0.2, 0.25) is 0 Å². The summed E-state index contributed by atoms with van der Waals surface area (Å²) >= 11 is 0. The predicted molar refractivity (Wildman–Crippen MR) is 119 cm³/mol. The van der Waals surface area contributed by atoms with Crippen LogP contribution in [0.2, 0.25) is 0 Å². The number of anilines is 1. The highest BCUT2D eigenvalue weighted by molar-refractivity contribution is 7.49. The predicted octanol–water partition coefficient (Wildman–Crippen LogP) is 3.73. The van der Waals surface area contributed by atoms with Gasteiger partial charge in [0.1, 0.15) is 0 Å². The maximum Gasteiger partial charge on any atom is 0.257 e. The molecule has 1 amide bonds. The molecule has 3 aromatic rings. The quantitative estimate of drug-likeness (QED) is 0.636. The molecule has 0 saturated heterocycles. The highest BCUT2D eigenvalue weighted by Gasteiger charge is 2.18. The van der Waals surface area contributed by atoms with E-state index < -0.39 is 0 Å². The van der Waals surface area contributed by atoms with Gasteiger partial charge in [0.15, 0.2) is 5.82 Å². The highest BCUT2D eigenvalue weighted by atomic mass is 31.1. The lowest BCUT2D eigenvalue weighted by Crippen LogP contribution is -2.32. The van der Waals surface area contributed by atoms with Crippen LogP contribution in [0.1, 0.15) is 34.5 Å². The van der Waals surface area contributed by atoms with E-state index in [2.05, 4.69) is 44.7 Å². The molecule has 146 valence electrons. The number of hydrogen-bond donors (Lipinski definition) is 2. The van der Waals surface area contributed by atoms with Crippen LogP contribution in [0.5, 0.6) is 0 Å². The maximum atomic E-state index is 12.5. The summed E-state index contributed by atoms with van der Waals surface area (Å²) in [7, 11) is 0.575. The van der Waals surface area contributed by atoms with Crippen LogP contribution >= 0.6 is 8.58 Å². The van der Waals surface area contributed by atoms with E-state index in [1.54, 1.807) is 18.6 Å². The molecule has 7 heteroatoms. The van der Waals surface area contributed by atoms with Crippen LogP contribution < -0.4 is 15.9 Å². The Labute approximate surface area is 171 Å². The van der Waals surface area contributed by atoms with Crippen molar-refractivity contribution in [2.45, 2.75) is 25.7 Å². The molecular formula is C22H22N5OP. The SMILES string of the molecule is Cc1cncc(C(=O)Nc2cccc(C(C)NC3C=Nc4ncccc4P3)c2)c1. The van der Waals surface area contributed by atoms with Gasteiger partial charge in [0.25, 0.3) is 5.91 Å². The number of carbonyl (C=O) groups excluding carboxylic acids is 1. The van der Waals surface area contributed by atoms with Crippen LogP contribution in [-0.2, 0) is 0 Å². The summed E-state index contributed by atoms with van der Waals surface area (Å²) in [6.07, 6.45) is 7.01. The smallest absolute Gasteiger partial charge is 0.257 e. The van der Waals surface area contributed by atoms with Crippen LogP contribution in [0.25, 0.3) is 0 Å². The van der Waals surface area contributed by atoms with Crippen molar-refractivity contribution < 1.29 is 4.79 Å². The molecule has 29 heavy (non-hydrogen) atoms. The molecule has 0 saturated carbocycles.